The molecule has 2 aromatic heterocycles. The number of nitrogens with zero attached hydrogens (tertiary/aromatic N) is 5. The highest BCUT2D eigenvalue weighted by molar-refractivity contribution is 7.91. The van der Waals surface area contributed by atoms with Crippen molar-refractivity contribution in [1.82, 2.24) is 24.2 Å². The van der Waals surface area contributed by atoms with Crippen LogP contribution >= 0.6 is 11.3 Å². The van der Waals surface area contributed by atoms with E-state index in [1.54, 1.807) is 13.3 Å². The number of carbonyl (C=O) groups is 1. The first kappa shape index (κ1) is 25.8. The number of hydrogen-bond donors (Lipinski definition) is 2. The molecule has 1 aliphatic carbocycles. The van der Waals surface area contributed by atoms with Crippen LogP contribution in [0.2, 0.25) is 0 Å². The van der Waals surface area contributed by atoms with Crippen LogP contribution < -0.4 is 10.6 Å². The van der Waals surface area contributed by atoms with Crippen LogP contribution in [0.1, 0.15) is 36.9 Å². The molecule has 1 atom stereocenters. The number of anilines is 2. The number of aromatic nitrogens is 3. The molecule has 0 radical (unpaired) electrons. The van der Waals surface area contributed by atoms with Gasteiger partial charge in [0.2, 0.25) is 0 Å². The Morgan fingerprint density at radius 2 is 1.97 bits per heavy atom. The normalized spacial score (nSPS) is 18.0. The summed E-state index contributed by atoms with van der Waals surface area (Å²) >= 11 is 0.936. The molecule has 13 heteroatoms. The fourth-order valence-electron chi connectivity index (χ4n) is 4.70. The van der Waals surface area contributed by atoms with Crippen molar-refractivity contribution in [2.75, 3.05) is 50.5 Å². The summed E-state index contributed by atoms with van der Waals surface area (Å²) in [5, 5.41) is 7.21. The molecule has 3 heterocycles. The third-order valence-electron chi connectivity index (χ3n) is 6.68. The van der Waals surface area contributed by atoms with Gasteiger partial charge in [-0.25, -0.2) is 28.2 Å². The predicted molar refractivity (Wildman–Crippen MR) is 143 cm³/mol. The fourth-order valence-corrected chi connectivity index (χ4v) is 7.66. The standard InChI is InChI=1S/C24H31N7O4S2/c1-15(27-21-19-6-4-5-18(17-7-8-17)20(19)25-14-26-21)13-30-9-11-31(12-10-30)37(33,34)22-16(2)28-23(36-22)29-24(32)35-3/h4-6,14-15,17H,7-13H2,1-3H3,(H,25,26,27)(H,28,29,32)/t15-/m0/s1. The second-order valence-corrected chi connectivity index (χ2v) is 12.6. The van der Waals surface area contributed by atoms with Crippen LogP contribution in [-0.2, 0) is 14.8 Å². The Morgan fingerprint density at radius 1 is 1.22 bits per heavy atom. The summed E-state index contributed by atoms with van der Waals surface area (Å²) < 4.78 is 32.7. The molecular formula is C24H31N7O4S2. The Morgan fingerprint density at radius 3 is 2.68 bits per heavy atom. The minimum atomic E-state index is -3.71. The van der Waals surface area contributed by atoms with Crippen molar-refractivity contribution in [3.63, 3.8) is 0 Å². The maximum atomic E-state index is 13.3. The third-order valence-corrected chi connectivity index (χ3v) is 10.2. The number of methoxy groups -OCH3 is 1. The largest absolute Gasteiger partial charge is 0.453 e. The number of para-hydroxylation sites is 1. The van der Waals surface area contributed by atoms with E-state index in [0.29, 0.717) is 37.8 Å². The molecule has 2 fully saturated rings. The van der Waals surface area contributed by atoms with Crippen molar-refractivity contribution in [3.05, 3.63) is 35.8 Å². The lowest BCUT2D eigenvalue weighted by Crippen LogP contribution is -2.50. The Hall–Kier alpha value is -2.87. The molecule has 1 saturated carbocycles. The van der Waals surface area contributed by atoms with Gasteiger partial charge >= 0.3 is 6.09 Å². The zero-order chi connectivity index (χ0) is 26.2. The molecule has 2 N–H and O–H groups in total. The molecule has 198 valence electrons. The van der Waals surface area contributed by atoms with E-state index in [1.165, 1.54) is 29.8 Å². The zero-order valence-electron chi connectivity index (χ0n) is 21.1. The van der Waals surface area contributed by atoms with Gasteiger partial charge in [-0.05, 0) is 44.2 Å². The Balaban J connectivity index is 1.19. The first-order chi connectivity index (χ1) is 17.8. The van der Waals surface area contributed by atoms with Crippen molar-refractivity contribution < 1.29 is 17.9 Å². The number of thiazole rings is 1. The number of benzene rings is 1. The van der Waals surface area contributed by atoms with Crippen LogP contribution in [0.4, 0.5) is 15.7 Å². The summed E-state index contributed by atoms with van der Waals surface area (Å²) in [7, 11) is -2.47. The van der Waals surface area contributed by atoms with Gasteiger partial charge in [0.25, 0.3) is 10.0 Å². The van der Waals surface area contributed by atoms with Crippen LogP contribution in [0.15, 0.2) is 28.7 Å². The number of nitrogens with one attached hydrogen (secondary N) is 2. The second kappa shape index (κ2) is 10.5. The van der Waals surface area contributed by atoms with E-state index in [1.807, 2.05) is 0 Å². The Labute approximate surface area is 220 Å². The number of piperazine rings is 1. The van der Waals surface area contributed by atoms with Gasteiger partial charge < -0.3 is 10.1 Å². The number of carbonyl (C=O) groups excluding carboxylic acids is 1. The van der Waals surface area contributed by atoms with Crippen molar-refractivity contribution in [2.45, 2.75) is 42.9 Å². The third kappa shape index (κ3) is 5.54. The molecule has 0 bridgehead atoms. The van der Waals surface area contributed by atoms with Crippen molar-refractivity contribution in [3.8, 4) is 0 Å². The highest BCUT2D eigenvalue weighted by Gasteiger charge is 2.32. The number of amides is 1. The number of aryl methyl sites for hydroxylation is 1. The Bertz CT molecular complexity index is 1400. The SMILES string of the molecule is COC(=O)Nc1nc(C)c(S(=O)(=O)N2CCN(C[C@H](C)Nc3ncnc4c(C5CC5)cccc34)CC2)s1. The lowest BCUT2D eigenvalue weighted by molar-refractivity contribution is 0.184. The topological polar surface area (TPSA) is 130 Å². The van der Waals surface area contributed by atoms with Gasteiger partial charge in [-0.3, -0.25) is 10.2 Å². The predicted octanol–water partition coefficient (Wildman–Crippen LogP) is 3.26. The van der Waals surface area contributed by atoms with Crippen LogP contribution in [0.3, 0.4) is 0 Å². The monoisotopic (exact) mass is 545 g/mol. The summed E-state index contributed by atoms with van der Waals surface area (Å²) in [5.41, 5.74) is 2.69. The summed E-state index contributed by atoms with van der Waals surface area (Å²) in [4.78, 5) is 26.9. The van der Waals surface area contributed by atoms with Crippen LogP contribution in [0, 0.1) is 6.92 Å². The van der Waals surface area contributed by atoms with E-state index in [-0.39, 0.29) is 15.4 Å². The number of rotatable bonds is 8. The van der Waals surface area contributed by atoms with Crippen molar-refractivity contribution >= 4 is 49.3 Å². The molecule has 1 amide bonds. The highest BCUT2D eigenvalue weighted by atomic mass is 32.2. The molecular weight excluding hydrogens is 514 g/mol. The lowest BCUT2D eigenvalue weighted by atomic mass is 10.1. The average Bonchev–Trinajstić information content (AvgIpc) is 3.66. The summed E-state index contributed by atoms with van der Waals surface area (Å²) in [6, 6.07) is 6.42. The van der Waals surface area contributed by atoms with Gasteiger partial charge in [-0.2, -0.15) is 4.31 Å². The molecule has 0 unspecified atom stereocenters. The number of ether oxygens (including phenoxy) is 1. The molecule has 37 heavy (non-hydrogen) atoms. The van der Waals surface area contributed by atoms with Gasteiger partial charge in [0.1, 0.15) is 12.1 Å². The minimum absolute atomic E-state index is 0.113. The van der Waals surface area contributed by atoms with Crippen LogP contribution in [-0.4, -0.2) is 84.5 Å². The van der Waals surface area contributed by atoms with E-state index in [0.717, 1.165) is 34.6 Å². The zero-order valence-corrected chi connectivity index (χ0v) is 22.7. The highest BCUT2D eigenvalue weighted by Crippen LogP contribution is 2.43. The maximum absolute atomic E-state index is 13.3. The number of hydrogen-bond acceptors (Lipinski definition) is 10. The number of sulfonamides is 1. The van der Waals surface area contributed by atoms with Crippen molar-refractivity contribution in [1.29, 1.82) is 0 Å². The molecule has 11 nitrogen and oxygen atoms in total. The molecule has 0 spiro atoms. The van der Waals surface area contributed by atoms with E-state index >= 15 is 0 Å². The lowest BCUT2D eigenvalue weighted by Gasteiger charge is -2.35. The van der Waals surface area contributed by atoms with Gasteiger partial charge in [0.05, 0.1) is 18.3 Å². The van der Waals surface area contributed by atoms with E-state index < -0.39 is 16.1 Å². The summed E-state index contributed by atoms with van der Waals surface area (Å²) in [6.07, 6.45) is 3.38. The molecule has 1 aromatic carbocycles. The summed E-state index contributed by atoms with van der Waals surface area (Å²) in [5.74, 6) is 1.44. The van der Waals surface area contributed by atoms with E-state index in [2.05, 4.69) is 60.3 Å². The van der Waals surface area contributed by atoms with Crippen molar-refractivity contribution in [2.24, 2.45) is 0 Å². The van der Waals surface area contributed by atoms with Gasteiger partial charge in [-0.1, -0.05) is 23.5 Å². The number of fused-ring (bicyclic) bond motifs is 1. The fraction of sp³-hybridized carbons (Fsp3) is 0.500. The Kier molecular flexibility index (Phi) is 7.30. The van der Waals surface area contributed by atoms with Gasteiger partial charge in [0.15, 0.2) is 9.34 Å². The van der Waals surface area contributed by atoms with E-state index in [9.17, 15) is 13.2 Å². The van der Waals surface area contributed by atoms with Crippen LogP contribution in [0.5, 0.6) is 0 Å². The van der Waals surface area contributed by atoms with E-state index in [4.69, 9.17) is 0 Å². The minimum Gasteiger partial charge on any atom is -0.453 e. The first-order valence-electron chi connectivity index (χ1n) is 12.3. The molecule has 1 aliphatic heterocycles. The van der Waals surface area contributed by atoms with Gasteiger partial charge in [0, 0.05) is 44.2 Å². The first-order valence-corrected chi connectivity index (χ1v) is 14.6. The summed E-state index contributed by atoms with van der Waals surface area (Å²) in [6.45, 7) is 6.49. The molecule has 5 rings (SSSR count). The molecule has 2 aliphatic rings. The second-order valence-electron chi connectivity index (χ2n) is 9.50. The molecule has 3 aromatic rings. The quantitative estimate of drug-likeness (QED) is 0.438. The van der Waals surface area contributed by atoms with Gasteiger partial charge in [-0.15, -0.1) is 0 Å². The average molecular weight is 546 g/mol. The maximum Gasteiger partial charge on any atom is 0.413 e. The molecule has 1 saturated heterocycles. The van der Waals surface area contributed by atoms with Crippen LogP contribution in [0.25, 0.3) is 10.9 Å². The smallest absolute Gasteiger partial charge is 0.413 e.